The Kier molecular flexibility index (Phi) is 8.54. The summed E-state index contributed by atoms with van der Waals surface area (Å²) in [5, 5.41) is 18.6. The first-order valence-corrected chi connectivity index (χ1v) is 17.5. The van der Waals surface area contributed by atoms with Crippen LogP contribution in [0.1, 0.15) is 53.7 Å². The van der Waals surface area contributed by atoms with Gasteiger partial charge in [-0.3, -0.25) is 10.1 Å². The van der Waals surface area contributed by atoms with Crippen LogP contribution < -0.4 is 20.1 Å². The van der Waals surface area contributed by atoms with E-state index in [9.17, 15) is 10.1 Å². The van der Waals surface area contributed by atoms with Crippen molar-refractivity contribution in [1.29, 1.82) is 5.26 Å². The first-order chi connectivity index (χ1) is 22.6. The fourth-order valence-electron chi connectivity index (χ4n) is 6.28. The van der Waals surface area contributed by atoms with Crippen molar-refractivity contribution in [2.24, 2.45) is 0 Å². The zero-order valence-corrected chi connectivity index (χ0v) is 28.2. The van der Waals surface area contributed by atoms with E-state index in [2.05, 4.69) is 110 Å². The van der Waals surface area contributed by atoms with Crippen molar-refractivity contribution >= 4 is 41.6 Å². The molecular weight excluding hydrogens is 603 g/mol. The minimum atomic E-state index is -2.75. The van der Waals surface area contributed by atoms with Crippen LogP contribution in [0.15, 0.2) is 108 Å². The van der Waals surface area contributed by atoms with E-state index in [-0.39, 0.29) is 10.9 Å². The number of nitriles is 1. The molecule has 0 aliphatic rings. The van der Waals surface area contributed by atoms with Gasteiger partial charge in [-0.1, -0.05) is 98.7 Å². The molecule has 47 heavy (non-hydrogen) atoms. The number of fused-ring (bicyclic) bond motifs is 1. The maximum Gasteiger partial charge on any atom is 0.319 e. The molecule has 2 heterocycles. The standard InChI is InChI=1S/C38H37N5O3Si/c1-26-35(27(2)45-42-26)36(44)41-37-40-33-24-29(25-39)18-21-34(33)43(37)23-22-28-16-19-30(20-17-28)46-47(38(3,4)5,31-12-8-6-9-13-31)32-14-10-7-11-15-32/h6-21,24H,22-23H2,1-5H3,(H,40,41,44). The third-order valence-electron chi connectivity index (χ3n) is 8.60. The van der Waals surface area contributed by atoms with Crippen LogP contribution in [0, 0.1) is 25.2 Å². The summed E-state index contributed by atoms with van der Waals surface area (Å²) < 4.78 is 14.4. The van der Waals surface area contributed by atoms with E-state index >= 15 is 0 Å². The summed E-state index contributed by atoms with van der Waals surface area (Å²) in [5.74, 6) is 1.32. The molecule has 2 aromatic heterocycles. The quantitative estimate of drug-likeness (QED) is 0.172. The summed E-state index contributed by atoms with van der Waals surface area (Å²) in [6, 6.07) is 37.0. The van der Waals surface area contributed by atoms with Crippen LogP contribution in [-0.2, 0) is 13.0 Å². The highest BCUT2D eigenvalue weighted by Gasteiger charge is 2.52. The number of rotatable bonds is 9. The molecule has 0 aliphatic heterocycles. The molecule has 0 fully saturated rings. The molecule has 0 saturated carbocycles. The molecule has 0 unspecified atom stereocenters. The molecular formula is C38H37N5O3Si. The molecule has 0 atom stereocenters. The molecule has 9 heteroatoms. The van der Waals surface area contributed by atoms with Crippen LogP contribution in [0.25, 0.3) is 11.0 Å². The van der Waals surface area contributed by atoms with Gasteiger partial charge in [0, 0.05) is 6.54 Å². The molecule has 0 aliphatic carbocycles. The topological polar surface area (TPSA) is 106 Å². The summed E-state index contributed by atoms with van der Waals surface area (Å²) in [6.07, 6.45) is 0.680. The second kappa shape index (κ2) is 12.7. The highest BCUT2D eigenvalue weighted by atomic mass is 28.4. The van der Waals surface area contributed by atoms with Gasteiger partial charge in [0.1, 0.15) is 17.1 Å². The van der Waals surface area contributed by atoms with Gasteiger partial charge in [0.25, 0.3) is 5.91 Å². The summed E-state index contributed by atoms with van der Waals surface area (Å²) in [4.78, 5) is 17.9. The van der Waals surface area contributed by atoms with E-state index in [0.717, 1.165) is 16.8 Å². The van der Waals surface area contributed by atoms with Crippen LogP contribution in [0.5, 0.6) is 5.75 Å². The number of aromatic nitrogens is 3. The first-order valence-electron chi connectivity index (χ1n) is 15.6. The average Bonchev–Trinajstić information content (AvgIpc) is 3.60. The molecule has 0 spiro atoms. The largest absolute Gasteiger partial charge is 0.534 e. The van der Waals surface area contributed by atoms with Gasteiger partial charge >= 0.3 is 8.32 Å². The molecule has 4 aromatic carbocycles. The number of carbonyl (C=O) groups excluding carboxylic acids is 1. The lowest BCUT2D eigenvalue weighted by Crippen LogP contribution is -2.68. The number of benzene rings is 4. The van der Waals surface area contributed by atoms with E-state index in [1.54, 1.807) is 26.0 Å². The van der Waals surface area contributed by atoms with Gasteiger partial charge in [0.15, 0.2) is 0 Å². The highest BCUT2D eigenvalue weighted by molar-refractivity contribution is 7.00. The maximum atomic E-state index is 13.2. The summed E-state index contributed by atoms with van der Waals surface area (Å²) >= 11 is 0. The van der Waals surface area contributed by atoms with E-state index in [1.165, 1.54) is 10.4 Å². The summed E-state index contributed by atoms with van der Waals surface area (Å²) in [5.41, 5.74) is 3.96. The van der Waals surface area contributed by atoms with Crippen LogP contribution >= 0.6 is 0 Å². The van der Waals surface area contributed by atoms with Crippen molar-refractivity contribution < 1.29 is 13.7 Å². The highest BCUT2D eigenvalue weighted by Crippen LogP contribution is 2.37. The number of imidazole rings is 1. The molecule has 1 N–H and O–H groups in total. The van der Waals surface area contributed by atoms with Gasteiger partial charge in [0.2, 0.25) is 5.95 Å². The van der Waals surface area contributed by atoms with Gasteiger partial charge in [-0.05, 0) is 71.6 Å². The number of anilines is 1. The molecule has 6 rings (SSSR count). The minimum absolute atomic E-state index is 0.146. The second-order valence-corrected chi connectivity index (χ2v) is 16.9. The Bertz CT molecular complexity index is 2010. The Morgan fingerprint density at radius 3 is 2.13 bits per heavy atom. The van der Waals surface area contributed by atoms with Gasteiger partial charge in [0.05, 0.1) is 28.4 Å². The van der Waals surface area contributed by atoms with E-state index in [1.807, 2.05) is 22.8 Å². The van der Waals surface area contributed by atoms with Crippen molar-refractivity contribution in [3.05, 3.63) is 131 Å². The molecule has 1 amide bonds. The Balaban J connectivity index is 1.29. The third kappa shape index (κ3) is 6.08. The fraction of sp³-hybridized carbons (Fsp3) is 0.211. The van der Waals surface area contributed by atoms with Gasteiger partial charge in [-0.2, -0.15) is 5.26 Å². The minimum Gasteiger partial charge on any atom is -0.534 e. The Hall–Kier alpha value is -5.46. The van der Waals surface area contributed by atoms with Crippen molar-refractivity contribution in [2.75, 3.05) is 5.32 Å². The number of hydrogen-bond donors (Lipinski definition) is 1. The van der Waals surface area contributed by atoms with E-state index in [0.29, 0.717) is 47.0 Å². The molecule has 6 aromatic rings. The molecule has 8 nitrogen and oxygen atoms in total. The van der Waals surface area contributed by atoms with Gasteiger partial charge in [-0.25, -0.2) is 4.98 Å². The second-order valence-electron chi connectivity index (χ2n) is 12.7. The number of nitrogens with zero attached hydrogens (tertiary/aromatic N) is 4. The van der Waals surface area contributed by atoms with Gasteiger partial charge in [-0.15, -0.1) is 0 Å². The Morgan fingerprint density at radius 1 is 0.936 bits per heavy atom. The van der Waals surface area contributed by atoms with Crippen molar-refractivity contribution in [3.8, 4) is 11.8 Å². The lowest BCUT2D eigenvalue weighted by Gasteiger charge is -2.43. The molecule has 0 saturated heterocycles. The van der Waals surface area contributed by atoms with Crippen molar-refractivity contribution in [1.82, 2.24) is 14.7 Å². The predicted octanol–water partition coefficient (Wildman–Crippen LogP) is 6.95. The Labute approximate surface area is 275 Å². The van der Waals surface area contributed by atoms with Crippen molar-refractivity contribution in [2.45, 2.75) is 52.6 Å². The number of amides is 1. The van der Waals surface area contributed by atoms with Gasteiger partial charge < -0.3 is 13.5 Å². The normalized spacial score (nSPS) is 11.7. The Morgan fingerprint density at radius 2 is 1.57 bits per heavy atom. The lowest BCUT2D eigenvalue weighted by atomic mass is 10.1. The first kappa shape index (κ1) is 31.5. The number of nitrogens with one attached hydrogen (secondary N) is 1. The smallest absolute Gasteiger partial charge is 0.319 e. The van der Waals surface area contributed by atoms with Crippen LogP contribution in [0.4, 0.5) is 5.95 Å². The van der Waals surface area contributed by atoms with Crippen LogP contribution in [0.3, 0.4) is 0 Å². The average molecular weight is 640 g/mol. The molecule has 0 bridgehead atoms. The SMILES string of the molecule is Cc1noc(C)c1C(=O)Nc1nc2cc(C#N)ccc2n1CCc1ccc(O[Si](c2ccccc2)(c2ccccc2)C(C)(C)C)cc1. The van der Waals surface area contributed by atoms with Crippen molar-refractivity contribution in [3.63, 3.8) is 0 Å². The fourth-order valence-corrected chi connectivity index (χ4v) is 10.7. The predicted molar refractivity (Wildman–Crippen MR) is 187 cm³/mol. The molecule has 0 radical (unpaired) electrons. The third-order valence-corrected chi connectivity index (χ3v) is 13.5. The van der Waals surface area contributed by atoms with E-state index in [4.69, 9.17) is 13.9 Å². The van der Waals surface area contributed by atoms with Crippen LogP contribution in [0.2, 0.25) is 5.04 Å². The zero-order chi connectivity index (χ0) is 33.2. The summed E-state index contributed by atoms with van der Waals surface area (Å²) in [7, 11) is -2.75. The number of hydrogen-bond acceptors (Lipinski definition) is 6. The number of aryl methyl sites for hydroxylation is 4. The van der Waals surface area contributed by atoms with E-state index < -0.39 is 8.32 Å². The lowest BCUT2D eigenvalue weighted by molar-refractivity contribution is 0.102. The summed E-state index contributed by atoms with van der Waals surface area (Å²) in [6.45, 7) is 10.8. The number of carbonyl (C=O) groups is 1. The monoisotopic (exact) mass is 639 g/mol. The maximum absolute atomic E-state index is 13.2. The zero-order valence-electron chi connectivity index (χ0n) is 27.2. The molecule has 236 valence electrons. The van der Waals surface area contributed by atoms with Crippen LogP contribution in [-0.4, -0.2) is 28.9 Å².